The molecule has 0 aliphatic carbocycles. The van der Waals surface area contributed by atoms with Crippen LogP contribution in [0.3, 0.4) is 0 Å². The van der Waals surface area contributed by atoms with Crippen molar-refractivity contribution < 1.29 is 14.6 Å². The summed E-state index contributed by atoms with van der Waals surface area (Å²) in [5.41, 5.74) is 2.14. The van der Waals surface area contributed by atoms with E-state index in [0.717, 1.165) is 16.0 Å². The third kappa shape index (κ3) is 4.34. The third-order valence-electron chi connectivity index (χ3n) is 2.90. The van der Waals surface area contributed by atoms with E-state index in [0.29, 0.717) is 11.3 Å². The number of rotatable bonds is 6. The molecule has 2 rings (SSSR count). The van der Waals surface area contributed by atoms with Crippen molar-refractivity contribution >= 4 is 24.1 Å². The van der Waals surface area contributed by atoms with Gasteiger partial charge in [-0.25, -0.2) is 9.19 Å². The van der Waals surface area contributed by atoms with Crippen molar-refractivity contribution in [3.63, 3.8) is 0 Å². The summed E-state index contributed by atoms with van der Waals surface area (Å²) in [4.78, 5) is 11.6. The number of carboxylic acid groups (broad SMARTS) is 1. The van der Waals surface area contributed by atoms with E-state index in [-0.39, 0.29) is 0 Å². The van der Waals surface area contributed by atoms with E-state index in [1.807, 2.05) is 13.0 Å². The summed E-state index contributed by atoms with van der Waals surface area (Å²) >= 11 is 1.28. The van der Waals surface area contributed by atoms with Gasteiger partial charge in [-0.15, -0.1) is 0 Å². The molecule has 1 N–H and O–H groups in total. The third-order valence-corrected chi connectivity index (χ3v) is 3.75. The minimum atomic E-state index is -1.04. The Hall–Kier alpha value is -2.78. The van der Waals surface area contributed by atoms with Crippen LogP contribution < -0.4 is 4.74 Å². The van der Waals surface area contributed by atoms with E-state index in [2.05, 4.69) is 10.5 Å². The molecule has 2 aromatic rings. The van der Waals surface area contributed by atoms with Crippen LogP contribution in [0.15, 0.2) is 51.8 Å². The predicted octanol–water partition coefficient (Wildman–Crippen LogP) is 3.79. The summed E-state index contributed by atoms with van der Waals surface area (Å²) < 4.78 is 9.57. The van der Waals surface area contributed by atoms with Crippen LogP contribution in [0.1, 0.15) is 12.5 Å². The highest BCUT2D eigenvalue weighted by Gasteiger charge is 2.13. The van der Waals surface area contributed by atoms with Crippen LogP contribution in [-0.4, -0.2) is 23.9 Å². The minimum absolute atomic E-state index is 0.422. The monoisotopic (exact) mass is 326 g/mol. The fraction of sp³-hybridized carbons (Fsp3) is 0.118. The molecule has 6 heteroatoms. The van der Waals surface area contributed by atoms with Gasteiger partial charge in [-0.05, 0) is 36.8 Å². The van der Waals surface area contributed by atoms with Crippen LogP contribution in [-0.2, 0) is 4.79 Å². The zero-order valence-electron chi connectivity index (χ0n) is 12.4. The average molecular weight is 326 g/mol. The molecule has 0 spiro atoms. The summed E-state index contributed by atoms with van der Waals surface area (Å²) in [6, 6.07) is 14.5. The first kappa shape index (κ1) is 16.6. The van der Waals surface area contributed by atoms with Crippen LogP contribution in [0.2, 0.25) is 0 Å². The van der Waals surface area contributed by atoms with Crippen LogP contribution in [0.5, 0.6) is 5.75 Å². The lowest BCUT2D eigenvalue weighted by atomic mass is 10.0. The van der Waals surface area contributed by atoms with E-state index in [4.69, 9.17) is 15.1 Å². The van der Waals surface area contributed by atoms with Crippen molar-refractivity contribution in [3.05, 3.63) is 48.0 Å². The Labute approximate surface area is 138 Å². The molecule has 0 aromatic heterocycles. The molecule has 116 valence electrons. The largest absolute Gasteiger partial charge is 0.481 e. The van der Waals surface area contributed by atoms with Gasteiger partial charge in [0.2, 0.25) is 0 Å². The summed E-state index contributed by atoms with van der Waals surface area (Å²) in [6.07, 6.45) is 1.68. The van der Waals surface area contributed by atoms with Crippen LogP contribution in [0.25, 0.3) is 11.1 Å². The normalized spacial score (nSPS) is 10.4. The standard InChI is InChI=1S/C17H14N2O3S/c1-2-19-23-15-5-3-4-14(22-11-16(20)21)17(15)13-8-6-12(10-18)7-9-13/h2-9H,11H2,1H3,(H,20,21)/b19-2-. The van der Waals surface area contributed by atoms with E-state index < -0.39 is 12.6 Å². The van der Waals surface area contributed by atoms with Gasteiger partial charge in [0.25, 0.3) is 0 Å². The van der Waals surface area contributed by atoms with Gasteiger partial charge in [0.05, 0.1) is 11.6 Å². The first-order valence-corrected chi connectivity index (χ1v) is 7.56. The van der Waals surface area contributed by atoms with Gasteiger partial charge in [0, 0.05) is 28.6 Å². The Morgan fingerprint density at radius 1 is 1.35 bits per heavy atom. The van der Waals surface area contributed by atoms with E-state index >= 15 is 0 Å². The molecule has 5 nitrogen and oxygen atoms in total. The van der Waals surface area contributed by atoms with Crippen molar-refractivity contribution in [1.82, 2.24) is 0 Å². The smallest absolute Gasteiger partial charge is 0.341 e. The van der Waals surface area contributed by atoms with Gasteiger partial charge < -0.3 is 9.84 Å². The highest BCUT2D eigenvalue weighted by molar-refractivity contribution is 7.98. The van der Waals surface area contributed by atoms with Gasteiger partial charge in [-0.2, -0.15) is 5.26 Å². The maximum absolute atomic E-state index is 10.8. The molecule has 0 unspecified atom stereocenters. The molecule has 2 aromatic carbocycles. The minimum Gasteiger partial charge on any atom is -0.481 e. The van der Waals surface area contributed by atoms with E-state index in [1.54, 1.807) is 42.6 Å². The zero-order chi connectivity index (χ0) is 16.7. The molecule has 0 saturated heterocycles. The second-order valence-electron chi connectivity index (χ2n) is 4.46. The molecule has 0 aliphatic heterocycles. The Morgan fingerprint density at radius 3 is 2.70 bits per heavy atom. The van der Waals surface area contributed by atoms with Crippen molar-refractivity contribution in [2.24, 2.45) is 4.40 Å². The molecular weight excluding hydrogens is 312 g/mol. The summed E-state index contributed by atoms with van der Waals surface area (Å²) in [7, 11) is 0. The fourth-order valence-electron chi connectivity index (χ4n) is 1.95. The number of carboxylic acids is 1. The first-order valence-electron chi connectivity index (χ1n) is 6.79. The highest BCUT2D eigenvalue weighted by Crippen LogP contribution is 2.39. The lowest BCUT2D eigenvalue weighted by Gasteiger charge is -2.13. The van der Waals surface area contributed by atoms with Crippen molar-refractivity contribution in [3.8, 4) is 22.9 Å². The molecular formula is C17H14N2O3S. The molecule has 23 heavy (non-hydrogen) atoms. The second kappa shape index (κ2) is 8.01. The fourth-order valence-corrected chi connectivity index (χ4v) is 2.62. The van der Waals surface area contributed by atoms with Crippen LogP contribution in [0.4, 0.5) is 0 Å². The maximum atomic E-state index is 10.8. The summed E-state index contributed by atoms with van der Waals surface area (Å²) in [5.74, 6) is -0.575. The van der Waals surface area contributed by atoms with E-state index in [1.165, 1.54) is 11.9 Å². The molecule has 0 heterocycles. The number of nitrogens with zero attached hydrogens (tertiary/aromatic N) is 2. The number of hydrogen-bond acceptors (Lipinski definition) is 5. The van der Waals surface area contributed by atoms with Crippen molar-refractivity contribution in [2.45, 2.75) is 11.8 Å². The first-order chi connectivity index (χ1) is 11.2. The lowest BCUT2D eigenvalue weighted by Crippen LogP contribution is -2.10. The number of benzene rings is 2. The SMILES string of the molecule is C/C=N\Sc1cccc(OCC(=O)O)c1-c1ccc(C#N)cc1. The number of nitriles is 1. The Bertz CT molecular complexity index is 764. The van der Waals surface area contributed by atoms with Gasteiger partial charge in [0.1, 0.15) is 5.75 Å². The van der Waals surface area contributed by atoms with Crippen LogP contribution in [0, 0.1) is 11.3 Å². The van der Waals surface area contributed by atoms with E-state index in [9.17, 15) is 4.79 Å². The topological polar surface area (TPSA) is 82.7 Å². The Morgan fingerprint density at radius 2 is 2.09 bits per heavy atom. The molecule has 0 fully saturated rings. The lowest BCUT2D eigenvalue weighted by molar-refractivity contribution is -0.139. The predicted molar refractivity (Wildman–Crippen MR) is 89.7 cm³/mol. The zero-order valence-corrected chi connectivity index (χ0v) is 13.2. The summed E-state index contributed by atoms with van der Waals surface area (Å²) in [5, 5.41) is 17.7. The molecule has 0 atom stereocenters. The average Bonchev–Trinajstić information content (AvgIpc) is 2.58. The quantitative estimate of drug-likeness (QED) is 0.645. The molecule has 0 amide bonds. The maximum Gasteiger partial charge on any atom is 0.341 e. The highest BCUT2D eigenvalue weighted by atomic mass is 32.2. The van der Waals surface area contributed by atoms with Crippen molar-refractivity contribution in [2.75, 3.05) is 6.61 Å². The molecule has 0 aliphatic rings. The number of aliphatic carboxylic acids is 1. The number of ether oxygens (including phenoxy) is 1. The van der Waals surface area contributed by atoms with Gasteiger partial charge in [-0.3, -0.25) is 0 Å². The Kier molecular flexibility index (Phi) is 5.78. The van der Waals surface area contributed by atoms with Gasteiger partial charge in [-0.1, -0.05) is 18.2 Å². The van der Waals surface area contributed by atoms with Crippen molar-refractivity contribution in [1.29, 1.82) is 5.26 Å². The van der Waals surface area contributed by atoms with Gasteiger partial charge in [0.15, 0.2) is 6.61 Å². The number of hydrogen-bond donors (Lipinski definition) is 1. The molecule has 0 saturated carbocycles. The van der Waals surface area contributed by atoms with Crippen LogP contribution >= 0.6 is 11.9 Å². The molecule has 0 bridgehead atoms. The van der Waals surface area contributed by atoms with Gasteiger partial charge >= 0.3 is 5.97 Å². The summed E-state index contributed by atoms with van der Waals surface area (Å²) in [6.45, 7) is 1.40. The molecule has 0 radical (unpaired) electrons. The Balaban J connectivity index is 2.49. The second-order valence-corrected chi connectivity index (χ2v) is 5.29. The number of carbonyl (C=O) groups is 1.